The summed E-state index contributed by atoms with van der Waals surface area (Å²) < 4.78 is 18.7. The van der Waals surface area contributed by atoms with Gasteiger partial charge in [0.25, 0.3) is 0 Å². The monoisotopic (exact) mass is 388 g/mol. The normalized spacial score (nSPS) is 20.5. The van der Waals surface area contributed by atoms with Crippen LogP contribution in [0.25, 0.3) is 0 Å². The lowest BCUT2D eigenvalue weighted by Gasteiger charge is -2.33. The number of pyridine rings is 1. The van der Waals surface area contributed by atoms with Crippen LogP contribution in [0.4, 0.5) is 4.79 Å². The molecule has 22 heavy (non-hydrogen) atoms. The number of amides is 1. The molecule has 0 unspecified atom stereocenters. The molecule has 0 saturated carbocycles. The number of likely N-dealkylation sites (tertiary alicyclic amines) is 1. The maximum Gasteiger partial charge on any atom is 0.410 e. The summed E-state index contributed by atoms with van der Waals surface area (Å²) in [6.07, 6.45) is 1.31. The second-order valence-corrected chi connectivity index (χ2v) is 8.78. The highest BCUT2D eigenvalue weighted by molar-refractivity contribution is 9.10. The van der Waals surface area contributed by atoms with Crippen LogP contribution in [-0.4, -0.2) is 44.1 Å². The van der Waals surface area contributed by atoms with Gasteiger partial charge in [-0.1, -0.05) is 6.07 Å². The van der Waals surface area contributed by atoms with Gasteiger partial charge in [-0.3, -0.25) is 4.21 Å². The first kappa shape index (κ1) is 17.4. The van der Waals surface area contributed by atoms with Gasteiger partial charge in [-0.25, -0.2) is 9.78 Å². The summed E-state index contributed by atoms with van der Waals surface area (Å²) in [7, 11) is -1.23. The van der Waals surface area contributed by atoms with Gasteiger partial charge in [0.1, 0.15) is 15.2 Å². The Bertz CT molecular complexity index is 574. The van der Waals surface area contributed by atoms with Crippen LogP contribution in [0.3, 0.4) is 0 Å². The quantitative estimate of drug-likeness (QED) is 0.728. The summed E-state index contributed by atoms with van der Waals surface area (Å²) in [5.41, 5.74) is -0.519. The van der Waals surface area contributed by atoms with Crippen LogP contribution in [0.5, 0.6) is 0 Å². The molecule has 2 heterocycles. The number of carbonyl (C=O) groups is 1. The van der Waals surface area contributed by atoms with E-state index < -0.39 is 16.4 Å². The van der Waals surface area contributed by atoms with Crippen LogP contribution in [-0.2, 0) is 15.5 Å². The molecule has 0 bridgehead atoms. The minimum absolute atomic E-state index is 0.108. The Labute approximate surface area is 142 Å². The van der Waals surface area contributed by atoms with Crippen molar-refractivity contribution in [2.75, 3.05) is 13.1 Å². The molecule has 7 heteroatoms. The van der Waals surface area contributed by atoms with Gasteiger partial charge in [-0.2, -0.15) is 0 Å². The van der Waals surface area contributed by atoms with Gasteiger partial charge in [-0.15, -0.1) is 0 Å². The molecule has 1 aliphatic rings. The van der Waals surface area contributed by atoms with Gasteiger partial charge >= 0.3 is 6.09 Å². The predicted octanol–water partition coefficient (Wildman–Crippen LogP) is 3.35. The van der Waals surface area contributed by atoms with E-state index in [1.54, 1.807) is 17.0 Å². The van der Waals surface area contributed by atoms with E-state index in [0.29, 0.717) is 22.7 Å². The summed E-state index contributed by atoms with van der Waals surface area (Å²) in [6.45, 7) is 6.62. The summed E-state index contributed by atoms with van der Waals surface area (Å²) in [5, 5.41) is 0.438. The van der Waals surface area contributed by atoms with E-state index in [9.17, 15) is 9.00 Å². The van der Waals surface area contributed by atoms with Gasteiger partial charge in [-0.05, 0) is 61.7 Å². The Morgan fingerprint density at radius 3 is 2.82 bits per heavy atom. The van der Waals surface area contributed by atoms with E-state index >= 15 is 0 Å². The van der Waals surface area contributed by atoms with Crippen molar-refractivity contribution in [1.29, 1.82) is 0 Å². The highest BCUT2D eigenvalue weighted by atomic mass is 79.9. The Morgan fingerprint density at radius 1 is 1.45 bits per heavy atom. The van der Waals surface area contributed by atoms with Crippen LogP contribution in [0.2, 0.25) is 0 Å². The number of ether oxygens (including phenoxy) is 1. The molecule has 122 valence electrons. The SMILES string of the molecule is CC(C)(C)OC(=O)N1CCC[C@H]([S@](=O)c2cccc(Br)n2)C1. The zero-order chi connectivity index (χ0) is 16.3. The maximum atomic E-state index is 12.7. The summed E-state index contributed by atoms with van der Waals surface area (Å²) in [5.74, 6) is 0. The zero-order valence-electron chi connectivity index (χ0n) is 13.0. The maximum absolute atomic E-state index is 12.7. The standard InChI is InChI=1S/C15H21BrN2O3S/c1-15(2,3)21-14(19)18-9-5-6-11(10-18)22(20)13-8-4-7-12(16)17-13/h4,7-8,11H,5-6,9-10H2,1-3H3/t11-,22-/m0/s1. The van der Waals surface area contributed by atoms with Crippen LogP contribution >= 0.6 is 15.9 Å². The number of nitrogens with zero attached hydrogens (tertiary/aromatic N) is 2. The molecule has 1 aromatic rings. The van der Waals surface area contributed by atoms with E-state index in [2.05, 4.69) is 20.9 Å². The fraction of sp³-hybridized carbons (Fsp3) is 0.600. The fourth-order valence-corrected chi connectivity index (χ4v) is 4.18. The molecule has 5 nitrogen and oxygen atoms in total. The van der Waals surface area contributed by atoms with Gasteiger partial charge in [0.15, 0.2) is 0 Å². The molecule has 0 aliphatic carbocycles. The van der Waals surface area contributed by atoms with Gasteiger partial charge < -0.3 is 9.64 Å². The minimum Gasteiger partial charge on any atom is -0.444 e. The van der Waals surface area contributed by atoms with Crippen molar-refractivity contribution < 1.29 is 13.7 Å². The van der Waals surface area contributed by atoms with Crippen molar-refractivity contribution >= 4 is 32.8 Å². The molecular formula is C15H21BrN2O3S. The average molecular weight is 389 g/mol. The van der Waals surface area contributed by atoms with Crippen molar-refractivity contribution in [2.24, 2.45) is 0 Å². The summed E-state index contributed by atoms with van der Waals surface area (Å²) in [6, 6.07) is 5.38. The highest BCUT2D eigenvalue weighted by Crippen LogP contribution is 2.22. The Kier molecular flexibility index (Phi) is 5.60. The van der Waals surface area contributed by atoms with Crippen molar-refractivity contribution in [3.05, 3.63) is 22.8 Å². The molecule has 2 rings (SSSR count). The first-order valence-electron chi connectivity index (χ1n) is 7.27. The summed E-state index contributed by atoms with van der Waals surface area (Å²) >= 11 is 3.29. The molecule has 2 atom stereocenters. The average Bonchev–Trinajstić information content (AvgIpc) is 2.45. The smallest absolute Gasteiger partial charge is 0.410 e. The van der Waals surface area contributed by atoms with Gasteiger partial charge in [0, 0.05) is 13.1 Å². The molecule has 0 spiro atoms. The van der Waals surface area contributed by atoms with Gasteiger partial charge in [0.2, 0.25) is 0 Å². The van der Waals surface area contributed by atoms with Crippen LogP contribution < -0.4 is 0 Å². The molecule has 0 radical (unpaired) electrons. The lowest BCUT2D eigenvalue weighted by Crippen LogP contribution is -2.45. The molecule has 1 fully saturated rings. The number of piperidine rings is 1. The topological polar surface area (TPSA) is 59.5 Å². The number of hydrogen-bond acceptors (Lipinski definition) is 4. The number of hydrogen-bond donors (Lipinski definition) is 0. The largest absolute Gasteiger partial charge is 0.444 e. The fourth-order valence-electron chi connectivity index (χ4n) is 2.28. The van der Waals surface area contributed by atoms with Crippen LogP contribution in [0.15, 0.2) is 27.8 Å². The third-order valence-electron chi connectivity index (χ3n) is 3.23. The summed E-state index contributed by atoms with van der Waals surface area (Å²) in [4.78, 5) is 18.1. The third-order valence-corrected chi connectivity index (χ3v) is 5.30. The van der Waals surface area contributed by atoms with E-state index in [1.807, 2.05) is 26.8 Å². The predicted molar refractivity (Wildman–Crippen MR) is 89.2 cm³/mol. The molecule has 0 N–H and O–H groups in total. The Balaban J connectivity index is 2.04. The second kappa shape index (κ2) is 7.08. The highest BCUT2D eigenvalue weighted by Gasteiger charge is 2.31. The van der Waals surface area contributed by atoms with Crippen molar-refractivity contribution in [1.82, 2.24) is 9.88 Å². The molecule has 1 amide bonds. The second-order valence-electron chi connectivity index (χ2n) is 6.29. The van der Waals surface area contributed by atoms with E-state index in [4.69, 9.17) is 4.74 Å². The zero-order valence-corrected chi connectivity index (χ0v) is 15.4. The van der Waals surface area contributed by atoms with Crippen LogP contribution in [0.1, 0.15) is 33.6 Å². The number of aromatic nitrogens is 1. The van der Waals surface area contributed by atoms with Crippen molar-refractivity contribution in [3.8, 4) is 0 Å². The van der Waals surface area contributed by atoms with Gasteiger partial charge in [0.05, 0.1) is 16.0 Å². The van der Waals surface area contributed by atoms with Crippen LogP contribution in [0, 0.1) is 0 Å². The lowest BCUT2D eigenvalue weighted by molar-refractivity contribution is 0.0219. The number of rotatable bonds is 2. The Hall–Kier alpha value is -0.950. The minimum atomic E-state index is -1.23. The van der Waals surface area contributed by atoms with Crippen molar-refractivity contribution in [3.63, 3.8) is 0 Å². The number of carbonyl (C=O) groups excluding carboxylic acids is 1. The number of halogens is 1. The Morgan fingerprint density at radius 2 is 2.18 bits per heavy atom. The first-order valence-corrected chi connectivity index (χ1v) is 9.28. The molecule has 1 saturated heterocycles. The first-order chi connectivity index (χ1) is 10.3. The van der Waals surface area contributed by atoms with E-state index in [0.717, 1.165) is 12.8 Å². The molecule has 0 aromatic carbocycles. The van der Waals surface area contributed by atoms with Crippen molar-refractivity contribution in [2.45, 2.75) is 49.5 Å². The van der Waals surface area contributed by atoms with E-state index in [1.165, 1.54) is 0 Å². The molecular weight excluding hydrogens is 368 g/mol. The third kappa shape index (κ3) is 4.78. The molecule has 1 aromatic heterocycles. The lowest BCUT2D eigenvalue weighted by atomic mass is 10.1. The van der Waals surface area contributed by atoms with E-state index in [-0.39, 0.29) is 11.3 Å². The molecule has 1 aliphatic heterocycles.